The molecule has 2 rings (SSSR count). The van der Waals surface area contributed by atoms with Crippen LogP contribution < -0.4 is 15.4 Å². The SMILES string of the molecule is COc1ccc(CNC(=O)COC(=O)[C@H](C)NC(=O)c2cccc(C)c2)cc1. The second-order valence-corrected chi connectivity index (χ2v) is 6.30. The molecule has 0 aliphatic rings. The highest BCUT2D eigenvalue weighted by Crippen LogP contribution is 2.10. The van der Waals surface area contributed by atoms with Gasteiger partial charge in [-0.3, -0.25) is 9.59 Å². The number of hydrogen-bond acceptors (Lipinski definition) is 5. The average Bonchev–Trinajstić information content (AvgIpc) is 2.70. The molecule has 2 aromatic rings. The molecule has 0 spiro atoms. The van der Waals surface area contributed by atoms with Gasteiger partial charge in [-0.15, -0.1) is 0 Å². The van der Waals surface area contributed by atoms with Gasteiger partial charge in [0.25, 0.3) is 11.8 Å². The summed E-state index contributed by atoms with van der Waals surface area (Å²) in [6.45, 7) is 3.27. The molecule has 0 aromatic heterocycles. The van der Waals surface area contributed by atoms with Crippen molar-refractivity contribution >= 4 is 17.8 Å². The molecule has 2 N–H and O–H groups in total. The van der Waals surface area contributed by atoms with Gasteiger partial charge in [0.15, 0.2) is 6.61 Å². The van der Waals surface area contributed by atoms with Gasteiger partial charge in [0.1, 0.15) is 11.8 Å². The molecule has 148 valence electrons. The minimum absolute atomic E-state index is 0.306. The average molecular weight is 384 g/mol. The minimum atomic E-state index is -0.873. The third-order valence-electron chi connectivity index (χ3n) is 3.98. The first kappa shape index (κ1) is 21.0. The van der Waals surface area contributed by atoms with E-state index in [1.54, 1.807) is 37.4 Å². The molecule has 0 saturated carbocycles. The van der Waals surface area contributed by atoms with Crippen molar-refractivity contribution in [3.63, 3.8) is 0 Å². The number of amides is 2. The predicted octanol–water partition coefficient (Wildman–Crippen LogP) is 1.98. The smallest absolute Gasteiger partial charge is 0.328 e. The van der Waals surface area contributed by atoms with Gasteiger partial charge in [0.05, 0.1) is 7.11 Å². The summed E-state index contributed by atoms with van der Waals surface area (Å²) >= 11 is 0. The second kappa shape index (κ2) is 10.1. The number of nitrogens with one attached hydrogen (secondary N) is 2. The summed E-state index contributed by atoms with van der Waals surface area (Å²) in [4.78, 5) is 36.0. The highest BCUT2D eigenvalue weighted by atomic mass is 16.5. The zero-order valence-electron chi connectivity index (χ0n) is 16.2. The number of carbonyl (C=O) groups excluding carboxylic acids is 3. The Kier molecular flexibility index (Phi) is 7.56. The van der Waals surface area contributed by atoms with Crippen LogP contribution in [-0.2, 0) is 20.9 Å². The lowest BCUT2D eigenvalue weighted by Gasteiger charge is -2.13. The molecule has 0 bridgehead atoms. The molecule has 7 nitrogen and oxygen atoms in total. The lowest BCUT2D eigenvalue weighted by molar-refractivity contribution is -0.150. The van der Waals surface area contributed by atoms with Crippen LogP contribution in [-0.4, -0.2) is 37.5 Å². The van der Waals surface area contributed by atoms with Crippen LogP contribution in [0.3, 0.4) is 0 Å². The second-order valence-electron chi connectivity index (χ2n) is 6.30. The van der Waals surface area contributed by atoms with Gasteiger partial charge in [0.2, 0.25) is 0 Å². The molecular weight excluding hydrogens is 360 g/mol. The van der Waals surface area contributed by atoms with Crippen molar-refractivity contribution in [3.8, 4) is 5.75 Å². The highest BCUT2D eigenvalue weighted by molar-refractivity contribution is 5.97. The van der Waals surface area contributed by atoms with Crippen LogP contribution in [0.25, 0.3) is 0 Å². The summed E-state index contributed by atoms with van der Waals surface area (Å²) in [6.07, 6.45) is 0. The third kappa shape index (κ3) is 6.42. The summed E-state index contributed by atoms with van der Waals surface area (Å²) in [5.74, 6) is -0.759. The van der Waals surface area contributed by atoms with Crippen molar-refractivity contribution < 1.29 is 23.9 Å². The van der Waals surface area contributed by atoms with E-state index in [1.807, 2.05) is 25.1 Å². The molecule has 0 aliphatic carbocycles. The van der Waals surface area contributed by atoms with Gasteiger partial charge >= 0.3 is 5.97 Å². The fourth-order valence-electron chi connectivity index (χ4n) is 2.38. The van der Waals surface area contributed by atoms with Crippen LogP contribution in [0.5, 0.6) is 5.75 Å². The molecule has 0 heterocycles. The number of methoxy groups -OCH3 is 1. The monoisotopic (exact) mass is 384 g/mol. The highest BCUT2D eigenvalue weighted by Gasteiger charge is 2.19. The number of rotatable bonds is 8. The maximum absolute atomic E-state index is 12.1. The van der Waals surface area contributed by atoms with E-state index in [1.165, 1.54) is 6.92 Å². The van der Waals surface area contributed by atoms with E-state index in [0.29, 0.717) is 12.1 Å². The van der Waals surface area contributed by atoms with Gasteiger partial charge in [-0.25, -0.2) is 4.79 Å². The molecule has 0 fully saturated rings. The topological polar surface area (TPSA) is 93.7 Å². The lowest BCUT2D eigenvalue weighted by Crippen LogP contribution is -2.41. The predicted molar refractivity (Wildman–Crippen MR) is 104 cm³/mol. The molecule has 1 atom stereocenters. The summed E-state index contributed by atoms with van der Waals surface area (Å²) < 4.78 is 10.0. The molecule has 28 heavy (non-hydrogen) atoms. The van der Waals surface area contributed by atoms with Crippen LogP contribution in [0.15, 0.2) is 48.5 Å². The molecule has 2 aromatic carbocycles. The van der Waals surface area contributed by atoms with Gasteiger partial charge < -0.3 is 20.1 Å². The van der Waals surface area contributed by atoms with E-state index < -0.39 is 24.5 Å². The molecule has 0 saturated heterocycles. The van der Waals surface area contributed by atoms with Crippen molar-refractivity contribution in [1.29, 1.82) is 0 Å². The maximum atomic E-state index is 12.1. The molecule has 0 aliphatic heterocycles. The number of ether oxygens (including phenoxy) is 2. The van der Waals surface area contributed by atoms with Crippen LogP contribution in [0, 0.1) is 6.92 Å². The lowest BCUT2D eigenvalue weighted by atomic mass is 10.1. The Hall–Kier alpha value is -3.35. The number of aryl methyl sites for hydroxylation is 1. The fraction of sp³-hybridized carbons (Fsp3) is 0.286. The van der Waals surface area contributed by atoms with Gasteiger partial charge in [-0.05, 0) is 43.7 Å². The van der Waals surface area contributed by atoms with E-state index in [0.717, 1.165) is 16.9 Å². The number of hydrogen-bond donors (Lipinski definition) is 2. The Balaban J connectivity index is 1.74. The maximum Gasteiger partial charge on any atom is 0.328 e. The summed E-state index contributed by atoms with van der Waals surface area (Å²) in [5.41, 5.74) is 2.28. The Bertz CT molecular complexity index is 833. The number of esters is 1. The molecular formula is C21H24N2O5. The van der Waals surface area contributed by atoms with Crippen LogP contribution >= 0.6 is 0 Å². The van der Waals surface area contributed by atoms with E-state index >= 15 is 0 Å². The van der Waals surface area contributed by atoms with Crippen LogP contribution in [0.2, 0.25) is 0 Å². The Morgan fingerprint density at radius 3 is 2.43 bits per heavy atom. The largest absolute Gasteiger partial charge is 0.497 e. The quantitative estimate of drug-likeness (QED) is 0.679. The third-order valence-corrected chi connectivity index (χ3v) is 3.98. The first-order valence-corrected chi connectivity index (χ1v) is 8.83. The zero-order valence-corrected chi connectivity index (χ0v) is 16.2. The van der Waals surface area contributed by atoms with Crippen molar-refractivity contribution in [3.05, 3.63) is 65.2 Å². The molecule has 2 amide bonds. The first-order chi connectivity index (χ1) is 13.4. The Morgan fingerprint density at radius 2 is 1.79 bits per heavy atom. The summed E-state index contributed by atoms with van der Waals surface area (Å²) in [7, 11) is 1.58. The van der Waals surface area contributed by atoms with E-state index in [4.69, 9.17) is 9.47 Å². The van der Waals surface area contributed by atoms with E-state index in [9.17, 15) is 14.4 Å². The number of carbonyl (C=O) groups is 3. The zero-order chi connectivity index (χ0) is 20.5. The summed E-state index contributed by atoms with van der Waals surface area (Å²) in [6, 6.07) is 13.4. The Morgan fingerprint density at radius 1 is 1.07 bits per heavy atom. The Labute approximate surface area is 164 Å². The van der Waals surface area contributed by atoms with Crippen molar-refractivity contribution in [2.24, 2.45) is 0 Å². The van der Waals surface area contributed by atoms with E-state index in [-0.39, 0.29) is 5.91 Å². The molecule has 0 radical (unpaired) electrons. The molecule has 7 heteroatoms. The standard InChI is InChI=1S/C21H24N2O5/c1-14-5-4-6-17(11-14)20(25)23-15(2)21(26)28-13-19(24)22-12-16-7-9-18(27-3)10-8-16/h4-11,15H,12-13H2,1-3H3,(H,22,24)(H,23,25)/t15-/m0/s1. The normalized spacial score (nSPS) is 11.2. The van der Waals surface area contributed by atoms with Crippen molar-refractivity contribution in [1.82, 2.24) is 10.6 Å². The van der Waals surface area contributed by atoms with Gasteiger partial charge in [-0.1, -0.05) is 29.8 Å². The van der Waals surface area contributed by atoms with Crippen molar-refractivity contribution in [2.45, 2.75) is 26.4 Å². The summed E-state index contributed by atoms with van der Waals surface area (Å²) in [5, 5.41) is 5.22. The van der Waals surface area contributed by atoms with E-state index in [2.05, 4.69) is 10.6 Å². The molecule has 0 unspecified atom stereocenters. The van der Waals surface area contributed by atoms with Gasteiger partial charge in [0, 0.05) is 12.1 Å². The van der Waals surface area contributed by atoms with Gasteiger partial charge in [-0.2, -0.15) is 0 Å². The number of benzene rings is 2. The van der Waals surface area contributed by atoms with Crippen LogP contribution in [0.4, 0.5) is 0 Å². The first-order valence-electron chi connectivity index (χ1n) is 8.83. The minimum Gasteiger partial charge on any atom is -0.497 e. The fourth-order valence-corrected chi connectivity index (χ4v) is 2.38. The van der Waals surface area contributed by atoms with Crippen LogP contribution in [0.1, 0.15) is 28.4 Å². The van der Waals surface area contributed by atoms with Crippen molar-refractivity contribution in [2.75, 3.05) is 13.7 Å².